The van der Waals surface area contributed by atoms with E-state index in [2.05, 4.69) is 0 Å². The largest absolute Gasteiger partial charge is 0.462 e. The van der Waals surface area contributed by atoms with Gasteiger partial charge in [0.25, 0.3) is 0 Å². The summed E-state index contributed by atoms with van der Waals surface area (Å²) in [7, 11) is 0. The molecule has 1 aromatic carbocycles. The van der Waals surface area contributed by atoms with E-state index >= 15 is 0 Å². The Kier molecular flexibility index (Phi) is 4.96. The van der Waals surface area contributed by atoms with Crippen molar-refractivity contribution in [2.45, 2.75) is 24.8 Å². The summed E-state index contributed by atoms with van der Waals surface area (Å²) < 4.78 is 5.01. The lowest BCUT2D eigenvalue weighted by atomic mass is 10.3. The van der Waals surface area contributed by atoms with Gasteiger partial charge in [0.2, 0.25) is 0 Å². The van der Waals surface area contributed by atoms with E-state index in [1.807, 2.05) is 13.8 Å². The van der Waals surface area contributed by atoms with Gasteiger partial charge in [0, 0.05) is 10.6 Å². The molecule has 0 bridgehead atoms. The van der Waals surface area contributed by atoms with E-state index in [4.69, 9.17) is 22.1 Å². The van der Waals surface area contributed by atoms with Crippen LogP contribution in [-0.2, 0) is 9.53 Å². The number of nitrogens with two attached hydrogens (primary N) is 1. The molecule has 0 aromatic heterocycles. The first-order chi connectivity index (χ1) is 7.49. The van der Waals surface area contributed by atoms with Gasteiger partial charge in [-0.3, -0.25) is 4.79 Å². The van der Waals surface area contributed by atoms with Crippen LogP contribution in [0.25, 0.3) is 0 Å². The third kappa shape index (κ3) is 4.33. The van der Waals surface area contributed by atoms with Crippen LogP contribution in [0.4, 0.5) is 5.69 Å². The van der Waals surface area contributed by atoms with Gasteiger partial charge in [-0.25, -0.2) is 0 Å². The molecule has 88 valence electrons. The second kappa shape index (κ2) is 6.01. The molecule has 0 aliphatic rings. The molecule has 1 rings (SSSR count). The molecule has 5 heteroatoms. The number of hydrogen-bond donors (Lipinski definition) is 1. The summed E-state index contributed by atoms with van der Waals surface area (Å²) >= 11 is 7.28. The first-order valence-electron chi connectivity index (χ1n) is 4.86. The molecule has 0 amide bonds. The lowest BCUT2D eigenvalue weighted by Gasteiger charge is -2.08. The van der Waals surface area contributed by atoms with Crippen molar-refractivity contribution in [3.63, 3.8) is 0 Å². The van der Waals surface area contributed by atoms with Crippen molar-refractivity contribution >= 4 is 35.0 Å². The van der Waals surface area contributed by atoms with Crippen molar-refractivity contribution in [1.82, 2.24) is 0 Å². The van der Waals surface area contributed by atoms with Crippen LogP contribution in [0.1, 0.15) is 13.8 Å². The molecule has 0 saturated carbocycles. The Hall–Kier alpha value is -0.870. The maximum absolute atomic E-state index is 11.3. The Balaban J connectivity index is 2.54. The Morgan fingerprint density at radius 2 is 2.25 bits per heavy atom. The van der Waals surface area contributed by atoms with Crippen molar-refractivity contribution < 1.29 is 9.53 Å². The number of rotatable bonds is 4. The van der Waals surface area contributed by atoms with Crippen molar-refractivity contribution in [3.8, 4) is 0 Å². The normalized spacial score (nSPS) is 10.5. The highest BCUT2D eigenvalue weighted by Crippen LogP contribution is 2.28. The number of carbonyl (C=O) groups excluding carboxylic acids is 1. The topological polar surface area (TPSA) is 52.3 Å². The molecule has 1 aromatic rings. The number of ether oxygens (including phenoxy) is 1. The Labute approximate surface area is 104 Å². The third-order valence-corrected chi connectivity index (χ3v) is 3.14. The van der Waals surface area contributed by atoms with E-state index < -0.39 is 0 Å². The number of esters is 1. The van der Waals surface area contributed by atoms with Gasteiger partial charge in [-0.05, 0) is 32.0 Å². The number of carbonyl (C=O) groups is 1. The van der Waals surface area contributed by atoms with Crippen LogP contribution in [0.2, 0.25) is 5.02 Å². The first-order valence-corrected chi connectivity index (χ1v) is 6.22. The fourth-order valence-electron chi connectivity index (χ4n) is 1.06. The van der Waals surface area contributed by atoms with E-state index in [1.54, 1.807) is 18.2 Å². The maximum atomic E-state index is 11.3. The maximum Gasteiger partial charge on any atom is 0.316 e. The average Bonchev–Trinajstić information content (AvgIpc) is 2.18. The van der Waals surface area contributed by atoms with Crippen LogP contribution in [0.15, 0.2) is 23.1 Å². The van der Waals surface area contributed by atoms with Crippen LogP contribution in [-0.4, -0.2) is 17.8 Å². The predicted molar refractivity (Wildman–Crippen MR) is 67.8 cm³/mol. The zero-order valence-electron chi connectivity index (χ0n) is 9.20. The highest BCUT2D eigenvalue weighted by Gasteiger charge is 2.08. The lowest BCUT2D eigenvalue weighted by molar-refractivity contribution is -0.144. The van der Waals surface area contributed by atoms with Gasteiger partial charge in [0.05, 0.1) is 16.9 Å². The van der Waals surface area contributed by atoms with Gasteiger partial charge >= 0.3 is 5.97 Å². The minimum atomic E-state index is -0.251. The van der Waals surface area contributed by atoms with Gasteiger partial charge < -0.3 is 10.5 Å². The number of thioether (sulfide) groups is 1. The second-order valence-corrected chi connectivity index (χ2v) is 4.94. The van der Waals surface area contributed by atoms with Crippen LogP contribution < -0.4 is 5.73 Å². The number of hydrogen-bond acceptors (Lipinski definition) is 4. The van der Waals surface area contributed by atoms with Gasteiger partial charge in [0.1, 0.15) is 0 Å². The molecule has 0 fully saturated rings. The first kappa shape index (κ1) is 13.2. The van der Waals surface area contributed by atoms with E-state index in [-0.39, 0.29) is 17.8 Å². The predicted octanol–water partition coefficient (Wildman–Crippen LogP) is 2.97. The Morgan fingerprint density at radius 3 is 2.88 bits per heavy atom. The zero-order chi connectivity index (χ0) is 12.1. The fourth-order valence-corrected chi connectivity index (χ4v) is 2.11. The summed E-state index contributed by atoms with van der Waals surface area (Å²) in [5.41, 5.74) is 6.26. The third-order valence-electron chi connectivity index (χ3n) is 1.67. The molecule has 0 aliphatic carbocycles. The SMILES string of the molecule is CC(C)OC(=O)CSc1cc(N)ccc1Cl. The van der Waals surface area contributed by atoms with Gasteiger partial charge in [0.15, 0.2) is 0 Å². The van der Waals surface area contributed by atoms with Crippen molar-refractivity contribution in [2.75, 3.05) is 11.5 Å². The number of anilines is 1. The second-order valence-electron chi connectivity index (χ2n) is 3.52. The molecule has 0 heterocycles. The summed E-state index contributed by atoms with van der Waals surface area (Å²) in [6, 6.07) is 5.18. The van der Waals surface area contributed by atoms with E-state index in [0.29, 0.717) is 10.7 Å². The lowest BCUT2D eigenvalue weighted by Crippen LogP contribution is -2.13. The molecule has 0 spiro atoms. The van der Waals surface area contributed by atoms with Crippen LogP contribution in [0.3, 0.4) is 0 Å². The fraction of sp³-hybridized carbons (Fsp3) is 0.364. The van der Waals surface area contributed by atoms with Gasteiger partial charge in [-0.2, -0.15) is 0 Å². The monoisotopic (exact) mass is 259 g/mol. The number of halogens is 1. The highest BCUT2D eigenvalue weighted by molar-refractivity contribution is 8.00. The summed E-state index contributed by atoms with van der Waals surface area (Å²) in [5, 5.41) is 0.594. The molecule has 0 aliphatic heterocycles. The molecule has 0 radical (unpaired) electrons. The summed E-state index contributed by atoms with van der Waals surface area (Å²) in [5.74, 6) is -0.0139. The zero-order valence-corrected chi connectivity index (χ0v) is 10.8. The minimum Gasteiger partial charge on any atom is -0.462 e. The van der Waals surface area contributed by atoms with Crippen molar-refractivity contribution in [1.29, 1.82) is 0 Å². The quantitative estimate of drug-likeness (QED) is 0.513. The summed E-state index contributed by atoms with van der Waals surface area (Å²) in [4.78, 5) is 12.1. The van der Waals surface area contributed by atoms with E-state index in [1.165, 1.54) is 11.8 Å². The number of benzene rings is 1. The van der Waals surface area contributed by atoms with Crippen LogP contribution in [0.5, 0.6) is 0 Å². The Bertz CT molecular complexity index is 382. The molecule has 0 saturated heterocycles. The molecule has 16 heavy (non-hydrogen) atoms. The molecule has 2 N–H and O–H groups in total. The minimum absolute atomic E-state index is 0.0931. The van der Waals surface area contributed by atoms with Gasteiger partial charge in [-0.1, -0.05) is 11.6 Å². The van der Waals surface area contributed by atoms with E-state index in [0.717, 1.165) is 4.90 Å². The number of nitrogen functional groups attached to an aromatic ring is 1. The average molecular weight is 260 g/mol. The summed E-state index contributed by atoms with van der Waals surface area (Å²) in [6.45, 7) is 3.63. The standard InChI is InChI=1S/C11H14ClNO2S/c1-7(2)15-11(14)6-16-10-5-8(13)3-4-9(10)12/h3-5,7H,6,13H2,1-2H3. The van der Waals surface area contributed by atoms with Crippen molar-refractivity contribution in [2.24, 2.45) is 0 Å². The van der Waals surface area contributed by atoms with E-state index in [9.17, 15) is 4.79 Å². The van der Waals surface area contributed by atoms with Crippen LogP contribution >= 0.6 is 23.4 Å². The molecular formula is C11H14ClNO2S. The molecule has 0 unspecified atom stereocenters. The Morgan fingerprint density at radius 1 is 1.56 bits per heavy atom. The van der Waals surface area contributed by atoms with Crippen molar-refractivity contribution in [3.05, 3.63) is 23.2 Å². The van der Waals surface area contributed by atoms with Crippen LogP contribution in [0, 0.1) is 0 Å². The van der Waals surface area contributed by atoms with Gasteiger partial charge in [-0.15, -0.1) is 11.8 Å². The summed E-state index contributed by atoms with van der Waals surface area (Å²) in [6.07, 6.45) is -0.0931. The smallest absolute Gasteiger partial charge is 0.316 e. The molecular weight excluding hydrogens is 246 g/mol. The molecule has 3 nitrogen and oxygen atoms in total. The highest BCUT2D eigenvalue weighted by atomic mass is 35.5. The molecule has 0 atom stereocenters.